The van der Waals surface area contributed by atoms with Crippen LogP contribution in [0.4, 0.5) is 23.8 Å². The molecular weight excluding hydrogens is 695 g/mol. The molecule has 0 saturated carbocycles. The molecule has 2 aliphatic heterocycles. The minimum Gasteiger partial charge on any atom is -0.368 e. The molecule has 4 heterocycles. The second kappa shape index (κ2) is 16.4. The number of halogens is 3. The molecule has 2 atom stereocenters. The molecule has 0 spiro atoms. The van der Waals surface area contributed by atoms with Crippen LogP contribution in [0.1, 0.15) is 11.1 Å². The van der Waals surface area contributed by atoms with E-state index in [1.54, 1.807) is 34.1 Å². The van der Waals surface area contributed by atoms with Crippen molar-refractivity contribution in [1.29, 1.82) is 0 Å². The first kappa shape index (κ1) is 35.9. The number of anilines is 4. The van der Waals surface area contributed by atoms with Crippen LogP contribution in [-0.2, 0) is 22.4 Å². The van der Waals surface area contributed by atoms with Crippen LogP contribution in [0.5, 0.6) is 0 Å². The van der Waals surface area contributed by atoms with Crippen molar-refractivity contribution in [1.82, 2.24) is 40.2 Å². The Balaban J connectivity index is 0.000000191. The Morgan fingerprint density at radius 3 is 1.53 bits per heavy atom. The van der Waals surface area contributed by atoms with E-state index in [-0.39, 0.29) is 23.7 Å². The Labute approximate surface area is 298 Å². The Morgan fingerprint density at radius 1 is 0.673 bits per heavy atom. The van der Waals surface area contributed by atoms with Gasteiger partial charge in [-0.05, 0) is 42.2 Å². The third-order valence-electron chi connectivity index (χ3n) is 8.22. The van der Waals surface area contributed by atoms with Gasteiger partial charge >= 0.3 is 0 Å². The second-order valence-corrected chi connectivity index (χ2v) is 12.9. The van der Waals surface area contributed by atoms with Crippen molar-refractivity contribution in [2.24, 2.45) is 11.5 Å². The molecule has 49 heavy (non-hydrogen) atoms. The standard InChI is InChI=1S/C15H19Cl2N7O.C15H20ClN7O/c16-10-2-1-9(11(17)8-10)7-12(18)13(25)23-3-5-24(6-4-23)15-20-14(19)21-22-15;16-11-4-2-1-3-10(11)9-12(17)13(24)22-5-7-23(8-6-22)15-19-14(18)20-21-15/h1-2,8,12H,3-7,18H2,(H3,19,20,21,22);1-4,12H,5-9,17H2,(H3,18,19,20,21)/t2*12-/m00/s1. The maximum absolute atomic E-state index is 12.6. The molecule has 0 unspecified atom stereocenters. The van der Waals surface area contributed by atoms with Crippen LogP contribution >= 0.6 is 34.8 Å². The van der Waals surface area contributed by atoms with E-state index in [0.29, 0.717) is 92.2 Å². The number of nitrogens with two attached hydrogens (primary N) is 4. The predicted octanol–water partition coefficient (Wildman–Crippen LogP) is 1.17. The number of benzene rings is 2. The van der Waals surface area contributed by atoms with Crippen molar-refractivity contribution in [3.8, 4) is 0 Å². The molecule has 0 radical (unpaired) electrons. The number of piperazine rings is 2. The minimum absolute atomic E-state index is 0.0657. The largest absolute Gasteiger partial charge is 0.368 e. The highest BCUT2D eigenvalue weighted by Gasteiger charge is 2.28. The normalized spacial score (nSPS) is 16.2. The van der Waals surface area contributed by atoms with Gasteiger partial charge < -0.3 is 42.5 Å². The van der Waals surface area contributed by atoms with E-state index in [0.717, 1.165) is 11.1 Å². The summed E-state index contributed by atoms with van der Waals surface area (Å²) in [5, 5.41) is 15.0. The van der Waals surface area contributed by atoms with E-state index in [4.69, 9.17) is 57.7 Å². The summed E-state index contributed by atoms with van der Waals surface area (Å²) in [5.41, 5.74) is 25.0. The first-order valence-electron chi connectivity index (χ1n) is 15.6. The van der Waals surface area contributed by atoms with Crippen molar-refractivity contribution in [2.45, 2.75) is 24.9 Å². The molecule has 2 aromatic heterocycles. The van der Waals surface area contributed by atoms with Gasteiger partial charge in [0.15, 0.2) is 0 Å². The van der Waals surface area contributed by atoms with Gasteiger partial charge in [-0.3, -0.25) is 9.59 Å². The topological polar surface area (TPSA) is 234 Å². The van der Waals surface area contributed by atoms with Gasteiger partial charge in [-0.1, -0.05) is 59.1 Å². The Hall–Kier alpha value is -4.35. The number of aromatic amines is 2. The van der Waals surface area contributed by atoms with Crippen LogP contribution in [0.3, 0.4) is 0 Å². The summed E-state index contributed by atoms with van der Waals surface area (Å²) in [4.78, 5) is 40.8. The van der Waals surface area contributed by atoms with Crippen molar-refractivity contribution in [2.75, 3.05) is 73.6 Å². The maximum Gasteiger partial charge on any atom is 0.246 e. The molecule has 2 aliphatic rings. The maximum atomic E-state index is 12.6. The van der Waals surface area contributed by atoms with E-state index in [1.165, 1.54) is 0 Å². The monoisotopic (exact) mass is 732 g/mol. The summed E-state index contributed by atoms with van der Waals surface area (Å²) >= 11 is 18.2. The fourth-order valence-electron chi connectivity index (χ4n) is 5.54. The van der Waals surface area contributed by atoms with Gasteiger partial charge in [0.1, 0.15) is 0 Å². The fourth-order valence-corrected chi connectivity index (χ4v) is 6.23. The molecule has 2 amide bonds. The Kier molecular flexibility index (Phi) is 12.0. The number of rotatable bonds is 8. The van der Waals surface area contributed by atoms with Crippen LogP contribution in [0.15, 0.2) is 42.5 Å². The molecule has 262 valence electrons. The molecule has 0 aliphatic carbocycles. The van der Waals surface area contributed by atoms with Crippen LogP contribution in [0.25, 0.3) is 0 Å². The number of hydrogen-bond donors (Lipinski definition) is 6. The molecule has 2 aromatic carbocycles. The lowest BCUT2D eigenvalue weighted by Gasteiger charge is -2.35. The van der Waals surface area contributed by atoms with Gasteiger partial charge in [-0.25, -0.2) is 10.2 Å². The number of nitrogens with one attached hydrogen (secondary N) is 2. The van der Waals surface area contributed by atoms with E-state index in [2.05, 4.69) is 30.4 Å². The minimum atomic E-state index is -0.649. The van der Waals surface area contributed by atoms with Crippen molar-refractivity contribution < 1.29 is 9.59 Å². The number of carbonyl (C=O) groups is 2. The van der Waals surface area contributed by atoms with Crippen molar-refractivity contribution in [3.05, 3.63) is 68.7 Å². The lowest BCUT2D eigenvalue weighted by molar-refractivity contribution is -0.133. The quantitative estimate of drug-likeness (QED) is 0.150. The number of nitrogen functional groups attached to an aromatic ring is 2. The van der Waals surface area contributed by atoms with Gasteiger partial charge in [0.05, 0.1) is 12.1 Å². The van der Waals surface area contributed by atoms with Crippen molar-refractivity contribution >= 4 is 70.4 Å². The summed E-state index contributed by atoms with van der Waals surface area (Å²) in [6, 6.07) is 11.4. The average molecular weight is 734 g/mol. The summed E-state index contributed by atoms with van der Waals surface area (Å²) in [6.45, 7) is 4.77. The number of H-pyrrole nitrogens is 2. The molecular formula is C30H39Cl3N14O2. The van der Waals surface area contributed by atoms with Gasteiger partial charge in [-0.15, -0.1) is 10.2 Å². The van der Waals surface area contributed by atoms with E-state index < -0.39 is 12.1 Å². The third kappa shape index (κ3) is 9.42. The first-order valence-corrected chi connectivity index (χ1v) is 16.7. The van der Waals surface area contributed by atoms with Crippen LogP contribution < -0.4 is 32.7 Å². The summed E-state index contributed by atoms with van der Waals surface area (Å²) in [5.74, 6) is 1.49. The van der Waals surface area contributed by atoms with E-state index in [1.807, 2.05) is 28.0 Å². The number of nitrogens with zero attached hydrogens (tertiary/aromatic N) is 8. The summed E-state index contributed by atoms with van der Waals surface area (Å²) in [7, 11) is 0. The zero-order valence-corrected chi connectivity index (χ0v) is 28.9. The lowest BCUT2D eigenvalue weighted by atomic mass is 10.1. The fraction of sp³-hybridized carbons (Fsp3) is 0.400. The number of carbonyl (C=O) groups excluding carboxylic acids is 2. The van der Waals surface area contributed by atoms with Crippen LogP contribution in [0, 0.1) is 0 Å². The van der Waals surface area contributed by atoms with E-state index >= 15 is 0 Å². The Bertz CT molecular complexity index is 1720. The van der Waals surface area contributed by atoms with Crippen molar-refractivity contribution in [3.63, 3.8) is 0 Å². The van der Waals surface area contributed by atoms with Gasteiger partial charge in [0, 0.05) is 67.4 Å². The Morgan fingerprint density at radius 2 is 1.12 bits per heavy atom. The highest BCUT2D eigenvalue weighted by atomic mass is 35.5. The highest BCUT2D eigenvalue weighted by molar-refractivity contribution is 6.35. The molecule has 0 bridgehead atoms. The zero-order valence-electron chi connectivity index (χ0n) is 26.6. The van der Waals surface area contributed by atoms with Crippen LogP contribution in [-0.4, -0.2) is 116 Å². The molecule has 19 heteroatoms. The lowest BCUT2D eigenvalue weighted by Crippen LogP contribution is -2.54. The SMILES string of the molecule is Nc1nc(N2CCN(C(=O)[C@@H](N)Cc3ccc(Cl)cc3Cl)CC2)n[nH]1.Nc1nc(N2CCN(C(=O)[C@@H](N)Cc3ccccc3Cl)CC2)n[nH]1. The smallest absolute Gasteiger partial charge is 0.246 e. The average Bonchev–Trinajstić information content (AvgIpc) is 3.74. The molecule has 10 N–H and O–H groups in total. The van der Waals surface area contributed by atoms with Gasteiger partial charge in [-0.2, -0.15) is 9.97 Å². The molecule has 2 saturated heterocycles. The third-order valence-corrected chi connectivity index (χ3v) is 9.17. The zero-order chi connectivity index (χ0) is 35.1. The molecule has 6 rings (SSSR count). The number of hydrogen-bond acceptors (Lipinski definition) is 12. The molecule has 2 fully saturated rings. The number of amides is 2. The van der Waals surface area contributed by atoms with Gasteiger partial charge in [0.2, 0.25) is 35.6 Å². The summed E-state index contributed by atoms with van der Waals surface area (Å²) < 4.78 is 0. The number of aromatic nitrogens is 6. The molecule has 16 nitrogen and oxygen atoms in total. The predicted molar refractivity (Wildman–Crippen MR) is 190 cm³/mol. The van der Waals surface area contributed by atoms with E-state index in [9.17, 15) is 9.59 Å². The summed E-state index contributed by atoms with van der Waals surface area (Å²) in [6.07, 6.45) is 0.794. The van der Waals surface area contributed by atoms with Crippen LogP contribution in [0.2, 0.25) is 15.1 Å². The first-order chi connectivity index (χ1) is 23.5. The second-order valence-electron chi connectivity index (χ2n) is 11.6. The molecule has 4 aromatic rings. The highest BCUT2D eigenvalue weighted by Crippen LogP contribution is 2.23. The van der Waals surface area contributed by atoms with Gasteiger partial charge in [0.25, 0.3) is 0 Å².